The number of rotatable bonds is 6. The Labute approximate surface area is 216 Å². The highest BCUT2D eigenvalue weighted by Gasteiger charge is 2.64. The molecule has 2 saturated carbocycles. The van der Waals surface area contributed by atoms with Crippen molar-refractivity contribution in [3.8, 4) is 11.8 Å². The summed E-state index contributed by atoms with van der Waals surface area (Å²) in [5.74, 6) is 1.90. The van der Waals surface area contributed by atoms with Crippen LogP contribution >= 0.6 is 11.6 Å². The molecule has 2 bridgehead atoms. The normalized spacial score (nSPS) is 29.4. The first-order valence-electron chi connectivity index (χ1n) is 12.4. The second-order valence-corrected chi connectivity index (χ2v) is 12.0. The predicted molar refractivity (Wildman–Crippen MR) is 136 cm³/mol. The summed E-state index contributed by atoms with van der Waals surface area (Å²) in [4.78, 5) is 24.3. The van der Waals surface area contributed by atoms with Crippen molar-refractivity contribution < 1.29 is 14.6 Å². The van der Waals surface area contributed by atoms with Gasteiger partial charge in [0, 0.05) is 54.5 Å². The molecule has 0 radical (unpaired) electrons. The first kappa shape index (κ1) is 24.8. The molecule has 1 aromatic heterocycles. The zero-order valence-electron chi connectivity index (χ0n) is 21.0. The molecule has 0 spiro atoms. The van der Waals surface area contributed by atoms with Crippen LogP contribution in [-0.2, 0) is 0 Å². The number of nitriles is 1. The molecule has 1 saturated heterocycles. The van der Waals surface area contributed by atoms with Gasteiger partial charge in [-0.05, 0) is 36.8 Å². The van der Waals surface area contributed by atoms with Crippen molar-refractivity contribution >= 4 is 23.5 Å². The molecule has 2 aliphatic carbocycles. The van der Waals surface area contributed by atoms with Crippen LogP contribution in [0.4, 0.5) is 5.95 Å². The van der Waals surface area contributed by atoms with Gasteiger partial charge in [-0.15, -0.1) is 0 Å². The van der Waals surface area contributed by atoms with Crippen molar-refractivity contribution in [3.63, 3.8) is 0 Å². The number of carbonyl (C=O) groups excluding carboxylic acids is 1. The standard InChI is InChI=1S/C27H32ClN5O3/c1-26(2)23(27(3,4)24(26)36-20-6-5-15(10-29)21(28)9-20)32-22(35)18-11-30-25(31-12-18)33-13-16-7-19(33)8-17(16)14-34/h5-6,9,11-12,16-17,19,23-24,34H,7-8,13-14H2,1-4H3,(H,32,35)/t16?,17?,19-,23-,24-/m1/s1. The van der Waals surface area contributed by atoms with Crippen molar-refractivity contribution in [1.82, 2.24) is 15.3 Å². The molecule has 5 rings (SSSR count). The van der Waals surface area contributed by atoms with Gasteiger partial charge < -0.3 is 20.1 Å². The Kier molecular flexibility index (Phi) is 6.12. The fourth-order valence-corrected chi connectivity index (χ4v) is 7.14. The largest absolute Gasteiger partial charge is 0.489 e. The van der Waals surface area contributed by atoms with E-state index in [-0.39, 0.29) is 35.5 Å². The Morgan fingerprint density at radius 2 is 1.94 bits per heavy atom. The smallest absolute Gasteiger partial charge is 0.254 e. The van der Waals surface area contributed by atoms with E-state index in [4.69, 9.17) is 21.6 Å². The number of hydrogen-bond acceptors (Lipinski definition) is 7. The van der Waals surface area contributed by atoms with Crippen LogP contribution in [0.1, 0.15) is 56.5 Å². The van der Waals surface area contributed by atoms with Gasteiger partial charge >= 0.3 is 0 Å². The molecule has 1 aromatic carbocycles. The SMILES string of the molecule is CC1(C)[C@H](NC(=O)c2cnc(N3CC4C[C@@H]3CC4CO)nc2)C(C)(C)[C@H]1Oc1ccc(C#N)c(Cl)c1. The molecule has 8 nitrogen and oxygen atoms in total. The molecule has 36 heavy (non-hydrogen) atoms. The van der Waals surface area contributed by atoms with Crippen molar-refractivity contribution in [3.05, 3.63) is 46.7 Å². The van der Waals surface area contributed by atoms with E-state index in [0.29, 0.717) is 45.7 Å². The van der Waals surface area contributed by atoms with Gasteiger partial charge in [0.05, 0.1) is 16.1 Å². The van der Waals surface area contributed by atoms with E-state index in [2.05, 4.69) is 53.9 Å². The van der Waals surface area contributed by atoms with E-state index >= 15 is 0 Å². The number of fused-ring (bicyclic) bond motifs is 2. The summed E-state index contributed by atoms with van der Waals surface area (Å²) in [7, 11) is 0. The van der Waals surface area contributed by atoms with Gasteiger partial charge in [-0.2, -0.15) is 5.26 Å². The second-order valence-electron chi connectivity index (χ2n) is 11.6. The van der Waals surface area contributed by atoms with Crippen LogP contribution in [0.2, 0.25) is 5.02 Å². The van der Waals surface area contributed by atoms with Gasteiger partial charge in [0.2, 0.25) is 5.95 Å². The van der Waals surface area contributed by atoms with Crippen molar-refractivity contribution in [2.45, 2.75) is 58.7 Å². The minimum absolute atomic E-state index is 0.138. The number of aromatic nitrogens is 2. The van der Waals surface area contributed by atoms with Gasteiger partial charge in [0.25, 0.3) is 5.91 Å². The molecule has 2 unspecified atom stereocenters. The highest BCUT2D eigenvalue weighted by atomic mass is 35.5. The number of amides is 1. The van der Waals surface area contributed by atoms with Crippen LogP contribution in [0.15, 0.2) is 30.6 Å². The summed E-state index contributed by atoms with van der Waals surface area (Å²) in [5, 5.41) is 22.2. The third-order valence-electron chi connectivity index (χ3n) is 8.51. The number of ether oxygens (including phenoxy) is 1. The van der Waals surface area contributed by atoms with Crippen LogP contribution < -0.4 is 15.0 Å². The Balaban J connectivity index is 1.24. The van der Waals surface area contributed by atoms with Gasteiger partial charge in [-0.25, -0.2) is 9.97 Å². The van der Waals surface area contributed by atoms with E-state index < -0.39 is 0 Å². The number of benzene rings is 1. The Bertz CT molecular complexity index is 1190. The molecular weight excluding hydrogens is 478 g/mol. The Morgan fingerprint density at radius 1 is 1.25 bits per heavy atom. The maximum absolute atomic E-state index is 13.1. The number of halogens is 1. The topological polar surface area (TPSA) is 111 Å². The molecule has 1 amide bonds. The maximum Gasteiger partial charge on any atom is 0.254 e. The summed E-state index contributed by atoms with van der Waals surface area (Å²) >= 11 is 6.18. The number of carbonyl (C=O) groups is 1. The Hall–Kier alpha value is -2.89. The number of nitrogens with zero attached hydrogens (tertiary/aromatic N) is 4. The van der Waals surface area contributed by atoms with Crippen LogP contribution in [0, 0.1) is 34.0 Å². The zero-order chi connectivity index (χ0) is 25.8. The first-order valence-corrected chi connectivity index (χ1v) is 12.8. The number of aliphatic hydroxyl groups excluding tert-OH is 1. The lowest BCUT2D eigenvalue weighted by Crippen LogP contribution is -2.74. The highest BCUT2D eigenvalue weighted by Crippen LogP contribution is 2.55. The minimum Gasteiger partial charge on any atom is -0.489 e. The molecule has 3 atom stereocenters. The summed E-state index contributed by atoms with van der Waals surface area (Å²) in [5.41, 5.74) is 0.129. The Morgan fingerprint density at radius 3 is 2.50 bits per heavy atom. The number of hydrogen-bond donors (Lipinski definition) is 2. The summed E-state index contributed by atoms with van der Waals surface area (Å²) in [6.45, 7) is 9.39. The van der Waals surface area contributed by atoms with Crippen LogP contribution in [-0.4, -0.2) is 52.3 Å². The lowest BCUT2D eigenvalue weighted by Gasteiger charge is -2.63. The zero-order valence-corrected chi connectivity index (χ0v) is 21.8. The molecule has 2 heterocycles. The number of piperidine rings is 1. The lowest BCUT2D eigenvalue weighted by atomic mass is 9.49. The number of aliphatic hydroxyl groups is 1. The van der Waals surface area contributed by atoms with Crippen LogP contribution in [0.25, 0.3) is 0 Å². The lowest BCUT2D eigenvalue weighted by molar-refractivity contribution is -0.164. The van der Waals surface area contributed by atoms with Crippen molar-refractivity contribution in [2.24, 2.45) is 22.7 Å². The molecule has 2 N–H and O–H groups in total. The van der Waals surface area contributed by atoms with Gasteiger partial charge in [-0.3, -0.25) is 4.79 Å². The van der Waals surface area contributed by atoms with Crippen LogP contribution in [0.3, 0.4) is 0 Å². The third-order valence-corrected chi connectivity index (χ3v) is 8.82. The molecule has 3 fully saturated rings. The first-order chi connectivity index (χ1) is 17.1. The van der Waals surface area contributed by atoms with Gasteiger partial charge in [0.1, 0.15) is 17.9 Å². The molecule has 3 aliphatic rings. The highest BCUT2D eigenvalue weighted by molar-refractivity contribution is 6.31. The van der Waals surface area contributed by atoms with Crippen molar-refractivity contribution in [1.29, 1.82) is 5.26 Å². The van der Waals surface area contributed by atoms with E-state index in [1.165, 1.54) is 0 Å². The number of anilines is 1. The minimum atomic E-state index is -0.349. The third kappa shape index (κ3) is 3.99. The van der Waals surface area contributed by atoms with Gasteiger partial charge in [-0.1, -0.05) is 39.3 Å². The number of nitrogens with one attached hydrogen (secondary N) is 1. The molecule has 2 aromatic rings. The van der Waals surface area contributed by atoms with E-state index in [9.17, 15) is 9.90 Å². The van der Waals surface area contributed by atoms with E-state index in [1.54, 1.807) is 30.6 Å². The maximum atomic E-state index is 13.1. The monoisotopic (exact) mass is 509 g/mol. The fourth-order valence-electron chi connectivity index (χ4n) is 6.93. The van der Waals surface area contributed by atoms with Gasteiger partial charge in [0.15, 0.2) is 0 Å². The fraction of sp³-hybridized carbons (Fsp3) is 0.556. The molecular formula is C27H32ClN5O3. The summed E-state index contributed by atoms with van der Waals surface area (Å²) < 4.78 is 6.30. The second kappa shape index (κ2) is 8.89. The average Bonchev–Trinajstić information content (AvgIpc) is 3.46. The van der Waals surface area contributed by atoms with E-state index in [1.807, 2.05) is 0 Å². The summed E-state index contributed by atoms with van der Waals surface area (Å²) in [6.07, 6.45) is 5.06. The van der Waals surface area contributed by atoms with Crippen LogP contribution in [0.5, 0.6) is 5.75 Å². The molecule has 9 heteroatoms. The molecule has 1 aliphatic heterocycles. The quantitative estimate of drug-likeness (QED) is 0.608. The van der Waals surface area contributed by atoms with E-state index in [0.717, 1.165) is 19.4 Å². The molecule has 190 valence electrons. The predicted octanol–water partition coefficient (Wildman–Crippen LogP) is 3.82. The summed E-state index contributed by atoms with van der Waals surface area (Å²) in [6, 6.07) is 7.34. The van der Waals surface area contributed by atoms with Crippen molar-refractivity contribution in [2.75, 3.05) is 18.1 Å². The average molecular weight is 510 g/mol.